The molecule has 1 unspecified atom stereocenters. The minimum absolute atomic E-state index is 0.140. The molecule has 0 aliphatic rings. The van der Waals surface area contributed by atoms with Crippen LogP contribution in [0.15, 0.2) is 48.5 Å². The summed E-state index contributed by atoms with van der Waals surface area (Å²) in [4.78, 5) is 36.6. The molecule has 0 aromatic heterocycles. The lowest BCUT2D eigenvalue weighted by molar-refractivity contribution is -0.384. The first-order valence-corrected chi connectivity index (χ1v) is 8.70. The minimum Gasteiger partial charge on any atom is -0.341 e. The van der Waals surface area contributed by atoms with Gasteiger partial charge in [-0.1, -0.05) is 37.3 Å². The number of nitrogens with one attached hydrogen (secondary N) is 1. The largest absolute Gasteiger partial charge is 0.341 e. The summed E-state index contributed by atoms with van der Waals surface area (Å²) in [5.41, 5.74) is 2.20. The van der Waals surface area contributed by atoms with Gasteiger partial charge in [-0.15, -0.1) is 0 Å². The van der Waals surface area contributed by atoms with Gasteiger partial charge in [0.1, 0.15) is 6.04 Å². The Morgan fingerprint density at radius 2 is 1.78 bits per heavy atom. The number of benzene rings is 2. The van der Waals surface area contributed by atoms with Gasteiger partial charge >= 0.3 is 0 Å². The summed E-state index contributed by atoms with van der Waals surface area (Å²) < 4.78 is 0. The first-order valence-electron chi connectivity index (χ1n) is 8.70. The van der Waals surface area contributed by atoms with Gasteiger partial charge in [-0.25, -0.2) is 0 Å². The van der Waals surface area contributed by atoms with Gasteiger partial charge in [-0.3, -0.25) is 19.7 Å². The van der Waals surface area contributed by atoms with E-state index in [1.807, 2.05) is 24.3 Å². The number of likely N-dealkylation sites (N-methyl/N-ethyl adjacent to an activating group) is 1. The van der Waals surface area contributed by atoms with Gasteiger partial charge < -0.3 is 10.2 Å². The van der Waals surface area contributed by atoms with E-state index in [9.17, 15) is 19.7 Å². The molecular formula is C20H23N3O4. The molecule has 27 heavy (non-hydrogen) atoms. The van der Waals surface area contributed by atoms with Crippen LogP contribution in [0.25, 0.3) is 0 Å². The fourth-order valence-corrected chi connectivity index (χ4v) is 2.67. The van der Waals surface area contributed by atoms with Crippen LogP contribution in [0, 0.1) is 10.1 Å². The van der Waals surface area contributed by atoms with Crippen LogP contribution in [-0.4, -0.2) is 34.7 Å². The maximum Gasteiger partial charge on any atom is 0.270 e. The van der Waals surface area contributed by atoms with Gasteiger partial charge in [-0.05, 0) is 30.5 Å². The Morgan fingerprint density at radius 3 is 2.37 bits per heavy atom. The highest BCUT2D eigenvalue weighted by Crippen LogP contribution is 2.13. The molecule has 0 saturated heterocycles. The number of nitrogens with zero attached hydrogens (tertiary/aromatic N) is 2. The Bertz CT molecular complexity index is 833. The van der Waals surface area contributed by atoms with Crippen molar-refractivity contribution in [1.29, 1.82) is 0 Å². The fraction of sp³-hybridized carbons (Fsp3) is 0.300. The normalized spacial score (nSPS) is 11.5. The third-order valence-corrected chi connectivity index (χ3v) is 4.26. The van der Waals surface area contributed by atoms with E-state index in [2.05, 4.69) is 12.2 Å². The van der Waals surface area contributed by atoms with Crippen LogP contribution in [-0.2, 0) is 17.8 Å². The number of hydrogen-bond acceptors (Lipinski definition) is 4. The number of carbonyl (C=O) groups excluding carboxylic acids is 2. The standard InChI is InChI=1S/C20H23N3O4/c1-4-15-8-10-16(11-9-15)13-22(3)20(25)14(2)21-19(24)17-6-5-7-18(12-17)23(26)27/h5-12,14H,4,13H2,1-3H3,(H,21,24). The van der Waals surface area contributed by atoms with Gasteiger partial charge in [-0.2, -0.15) is 0 Å². The zero-order valence-corrected chi connectivity index (χ0v) is 15.6. The second-order valence-electron chi connectivity index (χ2n) is 6.37. The predicted molar refractivity (Wildman–Crippen MR) is 102 cm³/mol. The van der Waals surface area contributed by atoms with Gasteiger partial charge in [0.2, 0.25) is 5.91 Å². The van der Waals surface area contributed by atoms with E-state index >= 15 is 0 Å². The molecule has 0 bridgehead atoms. The van der Waals surface area contributed by atoms with Crippen molar-refractivity contribution in [3.05, 3.63) is 75.3 Å². The van der Waals surface area contributed by atoms with Crippen LogP contribution in [0.3, 0.4) is 0 Å². The minimum atomic E-state index is -0.753. The van der Waals surface area contributed by atoms with Crippen molar-refractivity contribution < 1.29 is 14.5 Å². The lowest BCUT2D eigenvalue weighted by atomic mass is 10.1. The number of amides is 2. The number of nitro benzene ring substituents is 1. The highest BCUT2D eigenvalue weighted by Gasteiger charge is 2.21. The molecule has 0 spiro atoms. The van der Waals surface area contributed by atoms with E-state index in [1.165, 1.54) is 29.8 Å². The molecule has 2 aromatic carbocycles. The highest BCUT2D eigenvalue weighted by atomic mass is 16.6. The summed E-state index contributed by atoms with van der Waals surface area (Å²) >= 11 is 0. The molecular weight excluding hydrogens is 346 g/mol. The Morgan fingerprint density at radius 1 is 1.15 bits per heavy atom. The molecule has 142 valence electrons. The van der Waals surface area contributed by atoms with E-state index < -0.39 is 16.9 Å². The Labute approximate surface area is 158 Å². The van der Waals surface area contributed by atoms with E-state index in [4.69, 9.17) is 0 Å². The maximum absolute atomic E-state index is 12.5. The molecule has 0 radical (unpaired) electrons. The van der Waals surface area contributed by atoms with Crippen molar-refractivity contribution in [2.75, 3.05) is 7.05 Å². The van der Waals surface area contributed by atoms with Crippen molar-refractivity contribution in [3.63, 3.8) is 0 Å². The quantitative estimate of drug-likeness (QED) is 0.600. The van der Waals surface area contributed by atoms with Gasteiger partial charge in [0, 0.05) is 31.3 Å². The lowest BCUT2D eigenvalue weighted by Gasteiger charge is -2.22. The third kappa shape index (κ3) is 5.37. The van der Waals surface area contributed by atoms with Crippen LogP contribution < -0.4 is 5.32 Å². The number of rotatable bonds is 7. The van der Waals surface area contributed by atoms with Gasteiger partial charge in [0.25, 0.3) is 11.6 Å². The topological polar surface area (TPSA) is 92.6 Å². The van der Waals surface area contributed by atoms with Crippen LogP contribution in [0.2, 0.25) is 0 Å². The molecule has 1 atom stereocenters. The molecule has 7 nitrogen and oxygen atoms in total. The number of carbonyl (C=O) groups is 2. The first-order chi connectivity index (χ1) is 12.8. The van der Waals surface area contributed by atoms with E-state index in [0.29, 0.717) is 6.54 Å². The fourth-order valence-electron chi connectivity index (χ4n) is 2.67. The zero-order chi connectivity index (χ0) is 20.0. The first kappa shape index (κ1) is 20.1. The SMILES string of the molecule is CCc1ccc(CN(C)C(=O)C(C)NC(=O)c2cccc([N+](=O)[O-])c2)cc1. The smallest absolute Gasteiger partial charge is 0.270 e. The predicted octanol–water partition coefficient (Wildman–Crippen LogP) is 2.93. The molecule has 7 heteroatoms. The molecule has 0 aliphatic heterocycles. The van der Waals surface area contributed by atoms with Gasteiger partial charge in [0.15, 0.2) is 0 Å². The molecule has 2 aromatic rings. The second-order valence-corrected chi connectivity index (χ2v) is 6.37. The summed E-state index contributed by atoms with van der Waals surface area (Å²) in [5, 5.41) is 13.4. The Balaban J connectivity index is 1.98. The monoisotopic (exact) mass is 369 g/mol. The third-order valence-electron chi connectivity index (χ3n) is 4.26. The number of hydrogen-bond donors (Lipinski definition) is 1. The molecule has 0 saturated carbocycles. The number of aryl methyl sites for hydroxylation is 1. The molecule has 2 rings (SSSR count). The van der Waals surface area contributed by atoms with Crippen molar-refractivity contribution in [3.8, 4) is 0 Å². The van der Waals surface area contributed by atoms with E-state index in [1.54, 1.807) is 18.9 Å². The van der Waals surface area contributed by atoms with Crippen molar-refractivity contribution in [2.45, 2.75) is 32.9 Å². The average molecular weight is 369 g/mol. The summed E-state index contributed by atoms with van der Waals surface area (Å²) in [6.07, 6.45) is 0.954. The number of non-ortho nitro benzene ring substituents is 1. The van der Waals surface area contributed by atoms with E-state index in [-0.39, 0.29) is 17.2 Å². The lowest BCUT2D eigenvalue weighted by Crippen LogP contribution is -2.45. The molecule has 2 amide bonds. The van der Waals surface area contributed by atoms with Crippen LogP contribution in [0.1, 0.15) is 35.3 Å². The van der Waals surface area contributed by atoms with Crippen molar-refractivity contribution in [2.24, 2.45) is 0 Å². The molecule has 0 aliphatic carbocycles. The Hall–Kier alpha value is -3.22. The zero-order valence-electron chi connectivity index (χ0n) is 15.6. The van der Waals surface area contributed by atoms with Crippen LogP contribution >= 0.6 is 0 Å². The van der Waals surface area contributed by atoms with Crippen molar-refractivity contribution in [1.82, 2.24) is 10.2 Å². The second kappa shape index (κ2) is 8.93. The molecule has 0 heterocycles. The summed E-state index contributed by atoms with van der Waals surface area (Å²) in [6, 6.07) is 12.7. The highest BCUT2D eigenvalue weighted by molar-refractivity contribution is 5.97. The summed E-state index contributed by atoms with van der Waals surface area (Å²) in [6.45, 7) is 4.10. The molecule has 1 N–H and O–H groups in total. The van der Waals surface area contributed by atoms with Crippen LogP contribution in [0.4, 0.5) is 5.69 Å². The Kier molecular flexibility index (Phi) is 6.65. The van der Waals surface area contributed by atoms with Crippen LogP contribution in [0.5, 0.6) is 0 Å². The number of nitro groups is 1. The molecule has 0 fully saturated rings. The maximum atomic E-state index is 12.5. The van der Waals surface area contributed by atoms with Crippen molar-refractivity contribution >= 4 is 17.5 Å². The summed E-state index contributed by atoms with van der Waals surface area (Å²) in [5.74, 6) is -0.770. The summed E-state index contributed by atoms with van der Waals surface area (Å²) in [7, 11) is 1.67. The average Bonchev–Trinajstić information content (AvgIpc) is 2.67. The van der Waals surface area contributed by atoms with E-state index in [0.717, 1.165) is 12.0 Å². The van der Waals surface area contributed by atoms with Gasteiger partial charge in [0.05, 0.1) is 4.92 Å².